The number of carbonyl (C=O) groups excluding carboxylic acids is 1. The summed E-state index contributed by atoms with van der Waals surface area (Å²) in [6, 6.07) is 11.4. The van der Waals surface area contributed by atoms with E-state index in [1.54, 1.807) is 28.8 Å². The van der Waals surface area contributed by atoms with Crippen LogP contribution in [0.5, 0.6) is 0 Å². The zero-order valence-electron chi connectivity index (χ0n) is 17.2. The van der Waals surface area contributed by atoms with Crippen LogP contribution < -0.4 is 0 Å². The fourth-order valence-corrected chi connectivity index (χ4v) is 6.05. The van der Waals surface area contributed by atoms with Crippen LogP contribution in [0.1, 0.15) is 17.2 Å². The molecular formula is C23H25ClFN3O2S. The number of hydrogen-bond donors (Lipinski definition) is 0. The van der Waals surface area contributed by atoms with Gasteiger partial charge >= 0.3 is 6.09 Å². The first-order valence-electron chi connectivity index (χ1n) is 10.7. The van der Waals surface area contributed by atoms with Crippen LogP contribution in [0.4, 0.5) is 9.18 Å². The summed E-state index contributed by atoms with van der Waals surface area (Å²) < 4.78 is 19.1. The summed E-state index contributed by atoms with van der Waals surface area (Å²) in [5.74, 6) is -0.208. The van der Waals surface area contributed by atoms with Crippen LogP contribution in [0.3, 0.4) is 0 Å². The number of piperazine rings is 1. The predicted molar refractivity (Wildman–Crippen MR) is 119 cm³/mol. The number of rotatable bonds is 4. The maximum absolute atomic E-state index is 14.0. The third-order valence-corrected chi connectivity index (χ3v) is 7.78. The van der Waals surface area contributed by atoms with Gasteiger partial charge in [-0.2, -0.15) is 0 Å². The van der Waals surface area contributed by atoms with Crippen molar-refractivity contribution in [1.29, 1.82) is 0 Å². The lowest BCUT2D eigenvalue weighted by atomic mass is 9.96. The van der Waals surface area contributed by atoms with E-state index in [0.29, 0.717) is 18.2 Å². The fourth-order valence-electron chi connectivity index (χ4n) is 4.62. The standard InChI is InChI=1S/C23H25ClFN3O2S/c24-17-2-1-16-13-20(19-4-3-18(25)15-22(19)31-21(16)14-17)27-8-5-26(6-9-27)7-10-28-11-12-30-23(28)29/h1-4,14-15,20H,5-13H2. The van der Waals surface area contributed by atoms with Gasteiger partial charge in [0.15, 0.2) is 0 Å². The second-order valence-corrected chi connectivity index (χ2v) is 9.76. The number of carbonyl (C=O) groups is 1. The van der Waals surface area contributed by atoms with E-state index in [1.807, 2.05) is 18.2 Å². The van der Waals surface area contributed by atoms with E-state index in [4.69, 9.17) is 16.3 Å². The first-order chi connectivity index (χ1) is 15.1. The smallest absolute Gasteiger partial charge is 0.409 e. The monoisotopic (exact) mass is 461 g/mol. The topological polar surface area (TPSA) is 36.0 Å². The minimum Gasteiger partial charge on any atom is -0.448 e. The van der Waals surface area contributed by atoms with E-state index in [0.717, 1.165) is 55.5 Å². The Morgan fingerprint density at radius 3 is 2.65 bits per heavy atom. The number of halogens is 2. The van der Waals surface area contributed by atoms with Crippen molar-refractivity contribution in [1.82, 2.24) is 14.7 Å². The third kappa shape index (κ3) is 4.55. The molecule has 3 aliphatic heterocycles. The number of benzene rings is 2. The van der Waals surface area contributed by atoms with Gasteiger partial charge in [0.2, 0.25) is 0 Å². The van der Waals surface area contributed by atoms with Gasteiger partial charge in [-0.25, -0.2) is 9.18 Å². The summed E-state index contributed by atoms with van der Waals surface area (Å²) in [6.07, 6.45) is 0.690. The fraction of sp³-hybridized carbons (Fsp3) is 0.435. The first kappa shape index (κ1) is 21.1. The lowest BCUT2D eigenvalue weighted by molar-refractivity contribution is 0.0888. The number of fused-ring (bicyclic) bond motifs is 2. The summed E-state index contributed by atoms with van der Waals surface area (Å²) >= 11 is 7.85. The molecule has 0 saturated carbocycles. The maximum Gasteiger partial charge on any atom is 0.409 e. The first-order valence-corrected chi connectivity index (χ1v) is 11.9. The molecule has 0 N–H and O–H groups in total. The number of nitrogens with zero attached hydrogens (tertiary/aromatic N) is 3. The van der Waals surface area contributed by atoms with Crippen molar-refractivity contribution in [2.24, 2.45) is 0 Å². The maximum atomic E-state index is 14.0. The molecule has 2 fully saturated rings. The highest BCUT2D eigenvalue weighted by Crippen LogP contribution is 2.44. The summed E-state index contributed by atoms with van der Waals surface area (Å²) in [5, 5.41) is 0.707. The second kappa shape index (κ2) is 8.98. The van der Waals surface area contributed by atoms with Crippen LogP contribution >= 0.6 is 23.4 Å². The Bertz CT molecular complexity index is 983. The zero-order chi connectivity index (χ0) is 21.4. The Balaban J connectivity index is 1.30. The summed E-state index contributed by atoms with van der Waals surface area (Å²) in [5.41, 5.74) is 2.44. The Morgan fingerprint density at radius 2 is 1.87 bits per heavy atom. The normalized spacial score (nSPS) is 22.1. The lowest BCUT2D eigenvalue weighted by Gasteiger charge is -2.40. The van der Waals surface area contributed by atoms with Gasteiger partial charge in [-0.05, 0) is 41.8 Å². The van der Waals surface area contributed by atoms with Crippen molar-refractivity contribution in [2.45, 2.75) is 22.3 Å². The minimum absolute atomic E-state index is 0.197. The largest absolute Gasteiger partial charge is 0.448 e. The van der Waals surface area contributed by atoms with Gasteiger partial charge in [-0.1, -0.05) is 35.5 Å². The molecule has 1 unspecified atom stereocenters. The van der Waals surface area contributed by atoms with Gasteiger partial charge < -0.3 is 9.64 Å². The van der Waals surface area contributed by atoms with Crippen LogP contribution in [0, 0.1) is 5.82 Å². The van der Waals surface area contributed by atoms with Gasteiger partial charge in [0, 0.05) is 60.1 Å². The van der Waals surface area contributed by atoms with Crippen LogP contribution in [0.2, 0.25) is 5.02 Å². The molecular weight excluding hydrogens is 437 g/mol. The highest BCUT2D eigenvalue weighted by molar-refractivity contribution is 7.99. The van der Waals surface area contributed by atoms with E-state index in [1.165, 1.54) is 11.1 Å². The highest BCUT2D eigenvalue weighted by atomic mass is 35.5. The van der Waals surface area contributed by atoms with Crippen molar-refractivity contribution in [3.63, 3.8) is 0 Å². The molecule has 0 radical (unpaired) electrons. The molecule has 31 heavy (non-hydrogen) atoms. The summed E-state index contributed by atoms with van der Waals surface area (Å²) in [6.45, 7) is 6.57. The molecule has 0 bridgehead atoms. The molecule has 5 nitrogen and oxygen atoms in total. The zero-order valence-corrected chi connectivity index (χ0v) is 18.8. The van der Waals surface area contributed by atoms with Crippen LogP contribution in [-0.2, 0) is 11.2 Å². The number of ether oxygens (including phenoxy) is 1. The van der Waals surface area contributed by atoms with Crippen molar-refractivity contribution in [3.05, 3.63) is 58.4 Å². The number of amides is 1. The van der Waals surface area contributed by atoms with E-state index in [9.17, 15) is 9.18 Å². The van der Waals surface area contributed by atoms with Crippen LogP contribution in [-0.4, -0.2) is 73.2 Å². The second-order valence-electron chi connectivity index (χ2n) is 8.24. The molecule has 0 aliphatic carbocycles. The Morgan fingerprint density at radius 1 is 1.03 bits per heavy atom. The molecule has 0 spiro atoms. The molecule has 3 aliphatic rings. The van der Waals surface area contributed by atoms with Crippen molar-refractivity contribution < 1.29 is 13.9 Å². The molecule has 164 valence electrons. The molecule has 0 aromatic heterocycles. The van der Waals surface area contributed by atoms with Crippen LogP contribution in [0.15, 0.2) is 46.2 Å². The molecule has 1 amide bonds. The molecule has 2 saturated heterocycles. The molecule has 3 heterocycles. The van der Waals surface area contributed by atoms with Crippen molar-refractivity contribution >= 4 is 29.5 Å². The van der Waals surface area contributed by atoms with Crippen molar-refractivity contribution in [2.75, 3.05) is 52.4 Å². The molecule has 2 aromatic carbocycles. The summed E-state index contributed by atoms with van der Waals surface area (Å²) in [7, 11) is 0. The van der Waals surface area contributed by atoms with Gasteiger partial charge in [0.25, 0.3) is 0 Å². The number of cyclic esters (lactones) is 1. The van der Waals surface area contributed by atoms with E-state index < -0.39 is 0 Å². The van der Waals surface area contributed by atoms with E-state index >= 15 is 0 Å². The Hall–Kier alpha value is -1.80. The number of hydrogen-bond acceptors (Lipinski definition) is 5. The molecule has 1 atom stereocenters. The Labute approximate surface area is 191 Å². The quantitative estimate of drug-likeness (QED) is 0.678. The average Bonchev–Trinajstić information content (AvgIpc) is 3.10. The van der Waals surface area contributed by atoms with E-state index in [2.05, 4.69) is 15.9 Å². The lowest BCUT2D eigenvalue weighted by Crippen LogP contribution is -2.49. The molecule has 2 aromatic rings. The predicted octanol–water partition coefficient (Wildman–Crippen LogP) is 4.30. The van der Waals surface area contributed by atoms with Gasteiger partial charge in [0.1, 0.15) is 12.4 Å². The molecule has 5 rings (SSSR count). The van der Waals surface area contributed by atoms with Crippen LogP contribution in [0.25, 0.3) is 0 Å². The van der Waals surface area contributed by atoms with Gasteiger partial charge in [0.05, 0.1) is 6.54 Å². The molecule has 8 heteroatoms. The summed E-state index contributed by atoms with van der Waals surface area (Å²) in [4.78, 5) is 20.4. The highest BCUT2D eigenvalue weighted by Gasteiger charge is 2.31. The van der Waals surface area contributed by atoms with Gasteiger partial charge in [-0.3, -0.25) is 9.80 Å². The average molecular weight is 462 g/mol. The minimum atomic E-state index is -0.208. The third-order valence-electron chi connectivity index (χ3n) is 6.38. The Kier molecular flexibility index (Phi) is 6.10. The van der Waals surface area contributed by atoms with Crippen molar-refractivity contribution in [3.8, 4) is 0 Å². The van der Waals surface area contributed by atoms with E-state index in [-0.39, 0.29) is 18.0 Å². The SMILES string of the molecule is O=C1OCCN1CCN1CCN(C2Cc3ccc(Cl)cc3Sc3cc(F)ccc32)CC1. The van der Waals surface area contributed by atoms with Gasteiger partial charge in [-0.15, -0.1) is 0 Å².